The topological polar surface area (TPSA) is 24.9 Å². The number of pyridine rings is 1. The van der Waals surface area contributed by atoms with E-state index in [1.807, 2.05) is 12.4 Å². The highest BCUT2D eigenvalue weighted by Crippen LogP contribution is 2.38. The van der Waals surface area contributed by atoms with E-state index in [-0.39, 0.29) is 0 Å². The van der Waals surface area contributed by atoms with Crippen molar-refractivity contribution in [1.82, 2.24) is 10.3 Å². The first-order valence-corrected chi connectivity index (χ1v) is 7.11. The lowest BCUT2D eigenvalue weighted by Crippen LogP contribution is -2.41. The molecule has 100 valence electrons. The van der Waals surface area contributed by atoms with Crippen LogP contribution in [0.2, 0.25) is 0 Å². The molecule has 0 amide bonds. The van der Waals surface area contributed by atoms with Gasteiger partial charge in [-0.1, -0.05) is 20.8 Å². The maximum Gasteiger partial charge on any atom is 0.0300 e. The minimum absolute atomic E-state index is 0.532. The lowest BCUT2D eigenvalue weighted by molar-refractivity contribution is 0.148. The third kappa shape index (κ3) is 3.32. The van der Waals surface area contributed by atoms with Gasteiger partial charge in [-0.3, -0.25) is 4.98 Å². The van der Waals surface area contributed by atoms with Gasteiger partial charge in [0, 0.05) is 25.0 Å². The van der Waals surface area contributed by atoms with E-state index in [0.717, 1.165) is 12.5 Å². The predicted octanol–water partition coefficient (Wildman–Crippen LogP) is 3.69. The van der Waals surface area contributed by atoms with Gasteiger partial charge in [0.25, 0.3) is 0 Å². The Hall–Kier alpha value is -0.890. The molecule has 1 aromatic rings. The normalized spacial score (nSPS) is 27.1. The van der Waals surface area contributed by atoms with E-state index in [1.165, 1.54) is 30.4 Å². The fourth-order valence-electron chi connectivity index (χ4n) is 3.19. The number of hydrogen-bond donors (Lipinski definition) is 1. The Bertz CT molecular complexity index is 398. The molecule has 0 aromatic carbocycles. The molecule has 2 heteroatoms. The molecule has 1 saturated carbocycles. The average Bonchev–Trinajstić information content (AvgIpc) is 2.29. The summed E-state index contributed by atoms with van der Waals surface area (Å²) in [5.41, 5.74) is 3.19. The van der Waals surface area contributed by atoms with Gasteiger partial charge in [0.1, 0.15) is 0 Å². The molecule has 0 saturated heterocycles. The Morgan fingerprint density at radius 3 is 2.89 bits per heavy atom. The van der Waals surface area contributed by atoms with E-state index < -0.39 is 0 Å². The summed E-state index contributed by atoms with van der Waals surface area (Å²) < 4.78 is 0. The SMILES string of the molecule is Cc1cnccc1CNC1CCC(C)(C)CC1C. The van der Waals surface area contributed by atoms with Gasteiger partial charge >= 0.3 is 0 Å². The van der Waals surface area contributed by atoms with Crippen molar-refractivity contribution < 1.29 is 0 Å². The summed E-state index contributed by atoms with van der Waals surface area (Å²) in [6, 6.07) is 2.80. The summed E-state index contributed by atoms with van der Waals surface area (Å²) >= 11 is 0. The zero-order valence-corrected chi connectivity index (χ0v) is 12.2. The van der Waals surface area contributed by atoms with Crippen molar-refractivity contribution in [1.29, 1.82) is 0 Å². The Morgan fingerprint density at radius 1 is 1.44 bits per heavy atom. The molecule has 1 aromatic heterocycles. The third-order valence-corrected chi connectivity index (χ3v) is 4.38. The zero-order valence-electron chi connectivity index (χ0n) is 12.2. The molecular weight excluding hydrogens is 220 g/mol. The van der Waals surface area contributed by atoms with Gasteiger partial charge in [0.05, 0.1) is 0 Å². The second-order valence-corrected chi connectivity index (χ2v) is 6.67. The van der Waals surface area contributed by atoms with Crippen LogP contribution < -0.4 is 5.32 Å². The Labute approximate surface area is 111 Å². The minimum atomic E-state index is 0.532. The monoisotopic (exact) mass is 246 g/mol. The van der Waals surface area contributed by atoms with Crippen molar-refractivity contribution in [3.63, 3.8) is 0 Å². The van der Waals surface area contributed by atoms with E-state index in [1.54, 1.807) is 0 Å². The van der Waals surface area contributed by atoms with Crippen LogP contribution in [0.5, 0.6) is 0 Å². The van der Waals surface area contributed by atoms with Crippen LogP contribution in [0.25, 0.3) is 0 Å². The van der Waals surface area contributed by atoms with Crippen molar-refractivity contribution in [2.75, 3.05) is 0 Å². The number of aromatic nitrogens is 1. The van der Waals surface area contributed by atoms with Crippen molar-refractivity contribution in [2.24, 2.45) is 11.3 Å². The van der Waals surface area contributed by atoms with Gasteiger partial charge in [0.2, 0.25) is 0 Å². The maximum absolute atomic E-state index is 4.15. The molecule has 1 aliphatic carbocycles. The Balaban J connectivity index is 1.90. The van der Waals surface area contributed by atoms with Gasteiger partial charge in [-0.25, -0.2) is 0 Å². The molecular formula is C16H26N2. The van der Waals surface area contributed by atoms with Gasteiger partial charge in [-0.05, 0) is 54.7 Å². The number of rotatable bonds is 3. The van der Waals surface area contributed by atoms with Gasteiger partial charge in [0.15, 0.2) is 0 Å². The highest BCUT2D eigenvalue weighted by molar-refractivity contribution is 5.21. The van der Waals surface area contributed by atoms with Crippen LogP contribution in [0.15, 0.2) is 18.5 Å². The van der Waals surface area contributed by atoms with E-state index in [0.29, 0.717) is 11.5 Å². The van der Waals surface area contributed by atoms with Crippen LogP contribution in [0.1, 0.15) is 51.2 Å². The summed E-state index contributed by atoms with van der Waals surface area (Å²) in [6.07, 6.45) is 7.81. The van der Waals surface area contributed by atoms with Crippen LogP contribution >= 0.6 is 0 Å². The molecule has 0 bridgehead atoms. The highest BCUT2D eigenvalue weighted by Gasteiger charge is 2.31. The standard InChI is InChI=1S/C16H26N2/c1-12-9-16(3,4)7-5-15(12)18-11-14-6-8-17-10-13(14)2/h6,8,10,12,15,18H,5,7,9,11H2,1-4H3. The van der Waals surface area contributed by atoms with Gasteiger partial charge in [-0.15, -0.1) is 0 Å². The molecule has 2 nitrogen and oxygen atoms in total. The second-order valence-electron chi connectivity index (χ2n) is 6.67. The molecule has 1 aliphatic rings. The third-order valence-electron chi connectivity index (χ3n) is 4.38. The first-order valence-electron chi connectivity index (χ1n) is 7.11. The molecule has 1 N–H and O–H groups in total. The van der Waals surface area contributed by atoms with Crippen molar-refractivity contribution in [3.8, 4) is 0 Å². The zero-order chi connectivity index (χ0) is 13.2. The maximum atomic E-state index is 4.15. The van der Waals surface area contributed by atoms with Crippen LogP contribution in [0.3, 0.4) is 0 Å². The van der Waals surface area contributed by atoms with Crippen molar-refractivity contribution >= 4 is 0 Å². The fraction of sp³-hybridized carbons (Fsp3) is 0.688. The molecule has 2 atom stereocenters. The average molecular weight is 246 g/mol. The Kier molecular flexibility index (Phi) is 4.06. The summed E-state index contributed by atoms with van der Waals surface area (Å²) in [6.45, 7) is 10.3. The number of aryl methyl sites for hydroxylation is 1. The van der Waals surface area contributed by atoms with Crippen molar-refractivity contribution in [3.05, 3.63) is 29.6 Å². The molecule has 18 heavy (non-hydrogen) atoms. The molecule has 2 unspecified atom stereocenters. The lowest BCUT2D eigenvalue weighted by atomic mass is 9.70. The van der Waals surface area contributed by atoms with E-state index >= 15 is 0 Å². The van der Waals surface area contributed by atoms with Gasteiger partial charge < -0.3 is 5.32 Å². The van der Waals surface area contributed by atoms with E-state index in [4.69, 9.17) is 0 Å². The minimum Gasteiger partial charge on any atom is -0.310 e. The smallest absolute Gasteiger partial charge is 0.0300 e. The number of hydrogen-bond acceptors (Lipinski definition) is 2. The Morgan fingerprint density at radius 2 is 2.22 bits per heavy atom. The number of nitrogens with zero attached hydrogens (tertiary/aromatic N) is 1. The summed E-state index contributed by atoms with van der Waals surface area (Å²) in [5.74, 6) is 0.774. The molecule has 1 heterocycles. The summed E-state index contributed by atoms with van der Waals surface area (Å²) in [7, 11) is 0. The fourth-order valence-corrected chi connectivity index (χ4v) is 3.19. The van der Waals surface area contributed by atoms with E-state index in [9.17, 15) is 0 Å². The first kappa shape index (κ1) is 13.5. The van der Waals surface area contributed by atoms with E-state index in [2.05, 4.69) is 44.1 Å². The highest BCUT2D eigenvalue weighted by atomic mass is 14.9. The van der Waals surface area contributed by atoms with Crippen LogP contribution in [-0.4, -0.2) is 11.0 Å². The number of nitrogens with one attached hydrogen (secondary N) is 1. The molecule has 1 fully saturated rings. The van der Waals surface area contributed by atoms with Crippen molar-refractivity contribution in [2.45, 2.75) is 59.5 Å². The quantitative estimate of drug-likeness (QED) is 0.879. The molecule has 0 radical (unpaired) electrons. The van der Waals surface area contributed by atoms with Crippen LogP contribution in [0.4, 0.5) is 0 Å². The molecule has 0 aliphatic heterocycles. The molecule has 0 spiro atoms. The second kappa shape index (κ2) is 5.40. The van der Waals surface area contributed by atoms with Crippen LogP contribution in [-0.2, 0) is 6.54 Å². The molecule has 2 rings (SSSR count). The summed E-state index contributed by atoms with van der Waals surface area (Å²) in [5, 5.41) is 3.74. The summed E-state index contributed by atoms with van der Waals surface area (Å²) in [4.78, 5) is 4.15. The van der Waals surface area contributed by atoms with Crippen LogP contribution in [0, 0.1) is 18.3 Å². The van der Waals surface area contributed by atoms with Gasteiger partial charge in [-0.2, -0.15) is 0 Å². The predicted molar refractivity (Wildman–Crippen MR) is 76.4 cm³/mol. The lowest BCUT2D eigenvalue weighted by Gasteiger charge is -2.39. The largest absolute Gasteiger partial charge is 0.310 e. The first-order chi connectivity index (χ1) is 8.48.